The lowest BCUT2D eigenvalue weighted by Crippen LogP contribution is -2.47. The second-order valence-corrected chi connectivity index (χ2v) is 25.5. The number of aryl methyl sites for hydroxylation is 3. The van der Waals surface area contributed by atoms with E-state index in [1.165, 1.54) is 17.5 Å². The van der Waals surface area contributed by atoms with Gasteiger partial charge < -0.3 is 70.0 Å². The summed E-state index contributed by atoms with van der Waals surface area (Å²) < 4.78 is 30.9. The number of thiophene rings is 1. The number of halogens is 1. The molecule has 24 nitrogen and oxygen atoms in total. The van der Waals surface area contributed by atoms with E-state index in [-0.39, 0.29) is 67.0 Å². The maximum absolute atomic E-state index is 13.7. The largest absolute Gasteiger partial charge is 0.379 e. The molecule has 8 rings (SSSR count). The molecule has 2 fully saturated rings. The van der Waals surface area contributed by atoms with Crippen LogP contribution in [-0.4, -0.2) is 191 Å². The van der Waals surface area contributed by atoms with Crippen molar-refractivity contribution in [2.75, 3.05) is 145 Å². The van der Waals surface area contributed by atoms with Gasteiger partial charge in [-0.2, -0.15) is 0 Å². The van der Waals surface area contributed by atoms with E-state index in [1.807, 2.05) is 79.2 Å². The van der Waals surface area contributed by atoms with Gasteiger partial charge in [-0.25, -0.2) is 15.0 Å². The van der Waals surface area contributed by atoms with Crippen LogP contribution in [0.1, 0.15) is 109 Å². The lowest BCUT2D eigenvalue weighted by atomic mass is 9.85. The van der Waals surface area contributed by atoms with Crippen molar-refractivity contribution in [1.82, 2.24) is 45.7 Å². The average Bonchev–Trinajstić information content (AvgIpc) is 1.63. The first-order chi connectivity index (χ1) is 45.7. The minimum Gasteiger partial charge on any atom is -0.379 e. The summed E-state index contributed by atoms with van der Waals surface area (Å²) >= 11 is 9.07. The van der Waals surface area contributed by atoms with Crippen LogP contribution in [0.2, 0.25) is 5.02 Å². The Bertz CT molecular complexity index is 3370. The van der Waals surface area contributed by atoms with Crippen LogP contribution < -0.4 is 41.7 Å². The van der Waals surface area contributed by atoms with Crippen LogP contribution in [0.15, 0.2) is 72.2 Å². The SMILES string of the molecule is CCc1cccc(N(CC)C(=O)Cn2c(C(=O)NC3CCC(C(=O)NCCCCCC(=O)NCCOCCOCCOCCOCCC(=O)NCCOCCN4CCN(c5cc(Nc6ncc(C(=O)Nc7c(C)cccc7Cl)s6)nc(C)n5)CC4)CC3)cc3sccc32)c1. The zero-order valence-corrected chi connectivity index (χ0v) is 57.0. The molecule has 6 amide bonds. The lowest BCUT2D eigenvalue weighted by molar-refractivity contribution is -0.126. The van der Waals surface area contributed by atoms with Crippen LogP contribution in [0, 0.1) is 19.8 Å². The smallest absolute Gasteiger partial charge is 0.268 e. The molecule has 5 heterocycles. The van der Waals surface area contributed by atoms with E-state index < -0.39 is 0 Å². The molecular weight excluding hydrogens is 1260 g/mol. The number of hydrogen-bond donors (Lipinski definition) is 6. The Morgan fingerprint density at radius 2 is 1.39 bits per heavy atom. The number of benzene rings is 2. The number of anilines is 5. The van der Waals surface area contributed by atoms with E-state index in [2.05, 4.69) is 69.6 Å². The number of aromatic nitrogens is 4. The average molecular weight is 1360 g/mol. The van der Waals surface area contributed by atoms with E-state index >= 15 is 0 Å². The van der Waals surface area contributed by atoms with Crippen molar-refractivity contribution >= 4 is 108 Å². The topological polar surface area (TPSA) is 274 Å². The van der Waals surface area contributed by atoms with E-state index in [0.717, 1.165) is 91.3 Å². The van der Waals surface area contributed by atoms with Crippen LogP contribution in [-0.2, 0) is 55.8 Å². The van der Waals surface area contributed by atoms with Crippen LogP contribution >= 0.6 is 34.3 Å². The van der Waals surface area contributed by atoms with Crippen LogP contribution in [0.5, 0.6) is 0 Å². The summed E-state index contributed by atoms with van der Waals surface area (Å²) in [6.45, 7) is 17.8. The molecule has 6 aromatic rings. The molecule has 1 aliphatic heterocycles. The van der Waals surface area contributed by atoms with Gasteiger partial charge in [0.15, 0.2) is 5.13 Å². The number of fused-ring (bicyclic) bond motifs is 1. The number of unbranched alkanes of at least 4 members (excludes halogenated alkanes) is 2. The Labute approximate surface area is 563 Å². The van der Waals surface area contributed by atoms with E-state index in [1.54, 1.807) is 22.3 Å². The highest BCUT2D eigenvalue weighted by molar-refractivity contribution is 7.17. The van der Waals surface area contributed by atoms with Gasteiger partial charge in [0.1, 0.15) is 34.6 Å². The third-order valence-corrected chi connectivity index (χ3v) is 18.4. The van der Waals surface area contributed by atoms with Crippen molar-refractivity contribution in [1.29, 1.82) is 0 Å². The normalized spacial score (nSPS) is 15.0. The fourth-order valence-electron chi connectivity index (χ4n) is 11.1. The van der Waals surface area contributed by atoms with Crippen molar-refractivity contribution in [3.05, 3.63) is 105 Å². The standard InChI is InChI=1S/C67H92ClN13O11S2/c1-5-49-13-11-14-52(42-49)80(6-2)62(84)46-81-54-22-41-93-56(54)43-55(81)65(86)75-51-19-17-50(18-20-51)64(85)71-23-9-7-8-16-60(82)69-25-33-90-36-38-92-40-39-91-37-35-88-31-21-61(83)70-24-32-89-34-30-78-26-28-79(29-27-78)59-44-58(73-48(4)74-59)76-67-72-45-57(94-67)66(87)77-63-47(3)12-10-15-53(63)68/h10-15,22,41-45,50-51H,5-9,16-21,23-40,46H2,1-4H3,(H,69,82)(H,70,83)(H,71,85)(H,75,86)(H,77,87)(H,72,73,74,76). The predicted molar refractivity (Wildman–Crippen MR) is 368 cm³/mol. The third kappa shape index (κ3) is 23.4. The number of carbonyl (C=O) groups is 6. The highest BCUT2D eigenvalue weighted by Crippen LogP contribution is 2.31. The van der Waals surface area contributed by atoms with Crippen molar-refractivity contribution in [3.8, 4) is 0 Å². The molecule has 1 aliphatic carbocycles. The number of ether oxygens (including phenoxy) is 5. The fraction of sp³-hybridized carbons (Fsp3) is 0.537. The van der Waals surface area contributed by atoms with Crippen molar-refractivity contribution in [3.63, 3.8) is 0 Å². The first kappa shape index (κ1) is 72.7. The fourth-order valence-corrected chi connectivity index (χ4v) is 12.9. The Kier molecular flexibility index (Phi) is 30.2. The van der Waals surface area contributed by atoms with Gasteiger partial charge in [-0.1, -0.05) is 60.5 Å². The molecule has 1 saturated heterocycles. The van der Waals surface area contributed by atoms with Crippen molar-refractivity contribution < 1.29 is 52.5 Å². The molecule has 1 saturated carbocycles. The number of carbonyl (C=O) groups excluding carboxylic acids is 6. The Morgan fingerprint density at radius 1 is 0.702 bits per heavy atom. The van der Waals surface area contributed by atoms with Crippen molar-refractivity contribution in [2.24, 2.45) is 5.92 Å². The van der Waals surface area contributed by atoms with Gasteiger partial charge in [0, 0.05) is 95.5 Å². The van der Waals surface area contributed by atoms with Gasteiger partial charge in [-0.15, -0.1) is 11.3 Å². The number of piperazine rings is 1. The molecule has 27 heteroatoms. The van der Waals surface area contributed by atoms with E-state index in [0.29, 0.717) is 156 Å². The quantitative estimate of drug-likeness (QED) is 0.0197. The summed E-state index contributed by atoms with van der Waals surface area (Å²) in [6.07, 6.45) is 8.13. The number of rotatable bonds is 40. The second-order valence-electron chi connectivity index (χ2n) is 23.1. The molecule has 0 unspecified atom stereocenters. The molecule has 0 radical (unpaired) electrons. The molecule has 6 N–H and O–H groups in total. The van der Waals surface area contributed by atoms with Gasteiger partial charge in [-0.05, 0) is 113 Å². The molecule has 94 heavy (non-hydrogen) atoms. The number of nitrogens with one attached hydrogen (secondary N) is 6. The molecule has 2 aromatic carbocycles. The minimum absolute atomic E-state index is 0.0331. The zero-order valence-electron chi connectivity index (χ0n) is 54.6. The Morgan fingerprint density at radius 3 is 2.11 bits per heavy atom. The van der Waals surface area contributed by atoms with Crippen LogP contribution in [0.4, 0.5) is 28.1 Å². The molecule has 0 spiro atoms. The third-order valence-electron chi connectivity index (χ3n) is 16.3. The first-order valence-electron chi connectivity index (χ1n) is 32.8. The molecular formula is C67H92ClN13O11S2. The number of likely N-dealkylation sites (N-methyl/N-ethyl adjacent to an activating group) is 1. The number of para-hydroxylation sites is 1. The van der Waals surface area contributed by atoms with Gasteiger partial charge in [0.2, 0.25) is 23.6 Å². The van der Waals surface area contributed by atoms with Crippen LogP contribution in [0.25, 0.3) is 10.2 Å². The van der Waals surface area contributed by atoms with Gasteiger partial charge in [0.25, 0.3) is 11.8 Å². The number of nitrogens with zero attached hydrogens (tertiary/aromatic N) is 7. The molecule has 4 aromatic heterocycles. The zero-order chi connectivity index (χ0) is 66.4. The highest BCUT2D eigenvalue weighted by atomic mass is 35.5. The number of hydrogen-bond acceptors (Lipinski definition) is 19. The summed E-state index contributed by atoms with van der Waals surface area (Å²) in [7, 11) is 0. The first-order valence-corrected chi connectivity index (χ1v) is 34.9. The Hall–Kier alpha value is -7.14. The van der Waals surface area contributed by atoms with Gasteiger partial charge in [-0.3, -0.25) is 33.7 Å². The molecule has 510 valence electrons. The van der Waals surface area contributed by atoms with E-state index in [9.17, 15) is 28.8 Å². The van der Waals surface area contributed by atoms with Crippen LogP contribution in [0.3, 0.4) is 0 Å². The minimum atomic E-state index is -0.291. The Balaban J connectivity index is 0.547. The van der Waals surface area contributed by atoms with Crippen molar-refractivity contribution in [2.45, 2.75) is 104 Å². The van der Waals surface area contributed by atoms with Gasteiger partial charge in [0.05, 0.1) is 93.2 Å². The maximum Gasteiger partial charge on any atom is 0.268 e. The number of thiazole rings is 1. The predicted octanol–water partition coefficient (Wildman–Crippen LogP) is 8.32. The summed E-state index contributed by atoms with van der Waals surface area (Å²) in [6, 6.07) is 19.1. The summed E-state index contributed by atoms with van der Waals surface area (Å²) in [5, 5.41) is 21.1. The lowest BCUT2D eigenvalue weighted by Gasteiger charge is -2.35. The molecule has 0 atom stereocenters. The molecule has 0 bridgehead atoms. The summed E-state index contributed by atoms with van der Waals surface area (Å²) in [5.41, 5.74) is 4.79. The maximum atomic E-state index is 13.7. The highest BCUT2D eigenvalue weighted by Gasteiger charge is 2.29. The summed E-state index contributed by atoms with van der Waals surface area (Å²) in [4.78, 5) is 98.5. The van der Waals surface area contributed by atoms with E-state index in [4.69, 9.17) is 35.3 Å². The summed E-state index contributed by atoms with van der Waals surface area (Å²) in [5.74, 6) is 1.24. The molecule has 2 aliphatic rings. The number of amides is 6. The van der Waals surface area contributed by atoms with Gasteiger partial charge >= 0.3 is 0 Å². The second kappa shape index (κ2) is 39.0. The monoisotopic (exact) mass is 1350 g/mol.